The molecular formula is C14H29N2O+. The van der Waals surface area contributed by atoms with Crippen molar-refractivity contribution in [1.29, 1.82) is 0 Å². The Kier molecular flexibility index (Phi) is 5.96. The van der Waals surface area contributed by atoms with Crippen LogP contribution < -0.4 is 10.2 Å². The number of hydrogen-bond acceptors (Lipinski definition) is 1. The topological polar surface area (TPSA) is 33.5 Å². The summed E-state index contributed by atoms with van der Waals surface area (Å²) in [6, 6.07) is 0.395. The summed E-state index contributed by atoms with van der Waals surface area (Å²) in [4.78, 5) is 13.4. The summed E-state index contributed by atoms with van der Waals surface area (Å²) in [6.07, 6.45) is 3.83. The average molecular weight is 241 g/mol. The molecule has 2 atom stereocenters. The Balaban J connectivity index is 2.43. The van der Waals surface area contributed by atoms with Crippen molar-refractivity contribution in [2.45, 2.75) is 53.0 Å². The predicted molar refractivity (Wildman–Crippen MR) is 71.0 cm³/mol. The predicted octanol–water partition coefficient (Wildman–Crippen LogP) is 0.852. The molecule has 0 aromatic rings. The third-order valence-corrected chi connectivity index (χ3v) is 4.28. The molecule has 100 valence electrons. The summed E-state index contributed by atoms with van der Waals surface area (Å²) in [5, 5.41) is 3.26. The van der Waals surface area contributed by atoms with Crippen LogP contribution >= 0.6 is 0 Å². The van der Waals surface area contributed by atoms with E-state index in [-0.39, 0.29) is 5.91 Å². The highest BCUT2D eigenvalue weighted by atomic mass is 16.2. The molecule has 2 unspecified atom stereocenters. The van der Waals surface area contributed by atoms with Crippen molar-refractivity contribution in [2.75, 3.05) is 19.6 Å². The van der Waals surface area contributed by atoms with Gasteiger partial charge in [0.25, 0.3) is 5.91 Å². The quantitative estimate of drug-likeness (QED) is 0.735. The molecule has 1 fully saturated rings. The highest BCUT2D eigenvalue weighted by molar-refractivity contribution is 5.77. The molecule has 0 aromatic carbocycles. The van der Waals surface area contributed by atoms with Crippen molar-refractivity contribution >= 4 is 5.91 Å². The third kappa shape index (κ3) is 4.30. The number of nitrogens with one attached hydrogen (secondary N) is 2. The second-order valence-corrected chi connectivity index (χ2v) is 5.61. The van der Waals surface area contributed by atoms with E-state index in [1.165, 1.54) is 24.2 Å². The van der Waals surface area contributed by atoms with Gasteiger partial charge in [0, 0.05) is 6.04 Å². The molecule has 3 heteroatoms. The van der Waals surface area contributed by atoms with Crippen LogP contribution in [-0.4, -0.2) is 31.6 Å². The number of quaternary nitrogens is 1. The molecule has 1 saturated carbocycles. The summed E-state index contributed by atoms with van der Waals surface area (Å²) < 4.78 is 0. The van der Waals surface area contributed by atoms with Gasteiger partial charge >= 0.3 is 0 Å². The zero-order valence-electron chi connectivity index (χ0n) is 11.9. The lowest BCUT2D eigenvalue weighted by Crippen LogP contribution is -3.12. The first kappa shape index (κ1) is 14.5. The van der Waals surface area contributed by atoms with Gasteiger partial charge in [-0.1, -0.05) is 20.3 Å². The van der Waals surface area contributed by atoms with Gasteiger partial charge in [-0.2, -0.15) is 0 Å². The molecule has 0 spiro atoms. The molecule has 1 aliphatic rings. The molecule has 0 bridgehead atoms. The second kappa shape index (κ2) is 7.00. The van der Waals surface area contributed by atoms with Gasteiger partial charge in [0.1, 0.15) is 0 Å². The minimum atomic E-state index is 0.231. The molecule has 2 N–H and O–H groups in total. The van der Waals surface area contributed by atoms with Crippen LogP contribution in [-0.2, 0) is 4.79 Å². The van der Waals surface area contributed by atoms with E-state index < -0.39 is 0 Å². The largest absolute Gasteiger partial charge is 0.348 e. The van der Waals surface area contributed by atoms with Crippen LogP contribution in [0.4, 0.5) is 0 Å². The van der Waals surface area contributed by atoms with Crippen LogP contribution in [0.2, 0.25) is 0 Å². The molecule has 0 heterocycles. The van der Waals surface area contributed by atoms with Crippen molar-refractivity contribution in [3.05, 3.63) is 0 Å². The van der Waals surface area contributed by atoms with Crippen LogP contribution in [0.1, 0.15) is 47.0 Å². The molecule has 0 radical (unpaired) electrons. The van der Waals surface area contributed by atoms with Crippen LogP contribution in [0.5, 0.6) is 0 Å². The SMILES string of the molecule is CC[NH+](CC)CC(=O)NC1C(C)CCCC1C. The van der Waals surface area contributed by atoms with Crippen LogP contribution in [0.15, 0.2) is 0 Å². The van der Waals surface area contributed by atoms with E-state index in [1.54, 1.807) is 0 Å². The summed E-state index contributed by atoms with van der Waals surface area (Å²) in [6.45, 7) is 11.5. The van der Waals surface area contributed by atoms with Gasteiger partial charge in [-0.05, 0) is 38.5 Å². The van der Waals surface area contributed by atoms with E-state index >= 15 is 0 Å². The highest BCUT2D eigenvalue weighted by Crippen LogP contribution is 2.28. The Hall–Kier alpha value is -0.570. The maximum atomic E-state index is 12.0. The molecule has 1 amide bonds. The van der Waals surface area contributed by atoms with Crippen molar-refractivity contribution < 1.29 is 9.69 Å². The van der Waals surface area contributed by atoms with Gasteiger partial charge in [0.2, 0.25) is 0 Å². The summed E-state index contributed by atoms with van der Waals surface area (Å²) >= 11 is 0. The fourth-order valence-corrected chi connectivity index (χ4v) is 2.93. The lowest BCUT2D eigenvalue weighted by atomic mass is 9.79. The lowest BCUT2D eigenvalue weighted by Gasteiger charge is -2.35. The van der Waals surface area contributed by atoms with E-state index in [9.17, 15) is 4.79 Å². The normalized spacial score (nSPS) is 29.4. The van der Waals surface area contributed by atoms with Crippen LogP contribution in [0.25, 0.3) is 0 Å². The first-order chi connectivity index (χ1) is 8.08. The van der Waals surface area contributed by atoms with Gasteiger partial charge in [-0.3, -0.25) is 4.79 Å². The van der Waals surface area contributed by atoms with E-state index in [0.717, 1.165) is 13.1 Å². The Morgan fingerprint density at radius 1 is 1.18 bits per heavy atom. The number of carbonyl (C=O) groups excluding carboxylic acids is 1. The van der Waals surface area contributed by atoms with Gasteiger partial charge < -0.3 is 10.2 Å². The zero-order chi connectivity index (χ0) is 12.8. The lowest BCUT2D eigenvalue weighted by molar-refractivity contribution is -0.888. The first-order valence-corrected chi connectivity index (χ1v) is 7.21. The standard InChI is InChI=1S/C14H28N2O/c1-5-16(6-2)10-13(17)15-14-11(3)8-7-9-12(14)4/h11-12,14H,5-10H2,1-4H3,(H,15,17)/p+1. The Bertz CT molecular complexity index is 228. The molecule has 17 heavy (non-hydrogen) atoms. The van der Waals surface area contributed by atoms with E-state index in [2.05, 4.69) is 33.0 Å². The van der Waals surface area contributed by atoms with Crippen molar-refractivity contribution in [1.82, 2.24) is 5.32 Å². The Morgan fingerprint density at radius 3 is 2.18 bits per heavy atom. The van der Waals surface area contributed by atoms with Crippen molar-refractivity contribution in [2.24, 2.45) is 11.8 Å². The van der Waals surface area contributed by atoms with Crippen molar-refractivity contribution in [3.63, 3.8) is 0 Å². The average Bonchev–Trinajstić information content (AvgIpc) is 2.31. The van der Waals surface area contributed by atoms with Crippen LogP contribution in [0, 0.1) is 11.8 Å². The maximum Gasteiger partial charge on any atom is 0.275 e. The molecule has 0 aliphatic heterocycles. The first-order valence-electron chi connectivity index (χ1n) is 7.21. The summed E-state index contributed by atoms with van der Waals surface area (Å²) in [7, 11) is 0. The fraction of sp³-hybridized carbons (Fsp3) is 0.929. The molecule has 3 nitrogen and oxygen atoms in total. The number of amides is 1. The Labute approximate surface area is 106 Å². The van der Waals surface area contributed by atoms with E-state index in [4.69, 9.17) is 0 Å². The molecular weight excluding hydrogens is 212 g/mol. The zero-order valence-corrected chi connectivity index (χ0v) is 11.9. The number of hydrogen-bond donors (Lipinski definition) is 2. The Morgan fingerprint density at radius 2 is 1.71 bits per heavy atom. The number of rotatable bonds is 5. The molecule has 0 aromatic heterocycles. The molecule has 1 aliphatic carbocycles. The highest BCUT2D eigenvalue weighted by Gasteiger charge is 2.29. The smallest absolute Gasteiger partial charge is 0.275 e. The molecule has 0 saturated heterocycles. The minimum absolute atomic E-state index is 0.231. The monoisotopic (exact) mass is 241 g/mol. The van der Waals surface area contributed by atoms with Gasteiger partial charge in [-0.25, -0.2) is 0 Å². The van der Waals surface area contributed by atoms with Gasteiger partial charge in [0.05, 0.1) is 13.1 Å². The molecule has 1 rings (SSSR count). The third-order valence-electron chi connectivity index (χ3n) is 4.28. The minimum Gasteiger partial charge on any atom is -0.348 e. The summed E-state index contributed by atoms with van der Waals surface area (Å²) in [5.41, 5.74) is 0. The van der Waals surface area contributed by atoms with E-state index in [0.29, 0.717) is 24.4 Å². The van der Waals surface area contributed by atoms with Gasteiger partial charge in [0.15, 0.2) is 6.54 Å². The fourth-order valence-electron chi connectivity index (χ4n) is 2.93. The number of carbonyl (C=O) groups is 1. The van der Waals surface area contributed by atoms with Gasteiger partial charge in [-0.15, -0.1) is 0 Å². The van der Waals surface area contributed by atoms with Crippen LogP contribution in [0.3, 0.4) is 0 Å². The summed E-state index contributed by atoms with van der Waals surface area (Å²) in [5.74, 6) is 1.50. The van der Waals surface area contributed by atoms with Crippen molar-refractivity contribution in [3.8, 4) is 0 Å². The van der Waals surface area contributed by atoms with E-state index in [1.807, 2.05) is 0 Å². The second-order valence-electron chi connectivity index (χ2n) is 5.61. The number of likely N-dealkylation sites (N-methyl/N-ethyl adjacent to an activating group) is 1. The maximum absolute atomic E-state index is 12.0.